The van der Waals surface area contributed by atoms with Crippen molar-refractivity contribution in [1.29, 1.82) is 0 Å². The summed E-state index contributed by atoms with van der Waals surface area (Å²) in [5.74, 6) is -9.22. The largest absolute Gasteiger partial charge is 0.371 e. The molecular formula is C10H9F4O3Si. The Morgan fingerprint density at radius 3 is 2.28 bits per heavy atom. The fourth-order valence-corrected chi connectivity index (χ4v) is 1.47. The standard InChI is InChI=1S/C10H9F4O3Si/c11-6-4-5(7(12)9(14)8(6)13)2-1-3-10(15,16)17-18/h4,15-16H,1-3H2. The normalized spacial score (nSPS) is 11.9. The van der Waals surface area contributed by atoms with Gasteiger partial charge in [0.1, 0.15) is 0 Å². The van der Waals surface area contributed by atoms with Gasteiger partial charge in [-0.2, -0.15) is 0 Å². The van der Waals surface area contributed by atoms with Gasteiger partial charge in [0.25, 0.3) is 16.5 Å². The lowest BCUT2D eigenvalue weighted by molar-refractivity contribution is -0.295. The van der Waals surface area contributed by atoms with Gasteiger partial charge in [-0.1, -0.05) is 0 Å². The summed E-state index contributed by atoms with van der Waals surface area (Å²) in [6.07, 6.45) is -0.589. The molecule has 3 radical (unpaired) electrons. The highest BCUT2D eigenvalue weighted by Gasteiger charge is 2.23. The topological polar surface area (TPSA) is 49.7 Å². The lowest BCUT2D eigenvalue weighted by Crippen LogP contribution is -2.30. The highest BCUT2D eigenvalue weighted by molar-refractivity contribution is 5.98. The smallest absolute Gasteiger partial charge is 0.267 e. The molecule has 1 rings (SSSR count). The zero-order valence-corrected chi connectivity index (χ0v) is 10.0. The molecule has 0 aliphatic carbocycles. The van der Waals surface area contributed by atoms with Crippen LogP contribution >= 0.6 is 0 Å². The summed E-state index contributed by atoms with van der Waals surface area (Å²) >= 11 is 0. The predicted molar refractivity (Wildman–Crippen MR) is 53.2 cm³/mol. The number of hydrogen-bond acceptors (Lipinski definition) is 3. The highest BCUT2D eigenvalue weighted by atomic mass is 28.2. The fourth-order valence-electron chi connectivity index (χ4n) is 1.36. The van der Waals surface area contributed by atoms with Crippen LogP contribution in [-0.4, -0.2) is 26.7 Å². The Kier molecular flexibility index (Phi) is 4.85. The second-order valence-corrected chi connectivity index (χ2v) is 3.86. The Balaban J connectivity index is 2.75. The van der Waals surface area contributed by atoms with Crippen LogP contribution in [-0.2, 0) is 10.8 Å². The molecule has 0 atom stereocenters. The lowest BCUT2D eigenvalue weighted by atomic mass is 10.1. The van der Waals surface area contributed by atoms with Gasteiger partial charge in [0, 0.05) is 6.42 Å². The summed E-state index contributed by atoms with van der Waals surface area (Å²) < 4.78 is 55.6. The summed E-state index contributed by atoms with van der Waals surface area (Å²) in [4.78, 5) is 0. The van der Waals surface area contributed by atoms with Gasteiger partial charge in [-0.05, 0) is 24.5 Å². The Morgan fingerprint density at radius 2 is 1.72 bits per heavy atom. The van der Waals surface area contributed by atoms with Crippen LogP contribution in [0.15, 0.2) is 6.07 Å². The lowest BCUT2D eigenvalue weighted by Gasteiger charge is -2.19. The van der Waals surface area contributed by atoms with Gasteiger partial charge < -0.3 is 14.6 Å². The van der Waals surface area contributed by atoms with Crippen LogP contribution in [0.3, 0.4) is 0 Å². The van der Waals surface area contributed by atoms with E-state index in [-0.39, 0.29) is 19.3 Å². The summed E-state index contributed by atoms with van der Waals surface area (Å²) in [6, 6.07) is 0.527. The molecule has 1 aromatic carbocycles. The average Bonchev–Trinajstić information content (AvgIpc) is 2.33. The van der Waals surface area contributed by atoms with Crippen molar-refractivity contribution in [2.45, 2.75) is 25.2 Å². The Morgan fingerprint density at radius 1 is 1.11 bits per heavy atom. The van der Waals surface area contributed by atoms with Crippen LogP contribution in [0.1, 0.15) is 18.4 Å². The van der Waals surface area contributed by atoms with Gasteiger partial charge in [-0.3, -0.25) is 0 Å². The Hall–Kier alpha value is -0.963. The quantitative estimate of drug-likeness (QED) is 0.281. The molecule has 0 aliphatic rings. The van der Waals surface area contributed by atoms with E-state index < -0.39 is 34.8 Å². The van der Waals surface area contributed by atoms with Crippen molar-refractivity contribution in [3.8, 4) is 0 Å². The number of halogens is 4. The van der Waals surface area contributed by atoms with E-state index in [1.807, 2.05) is 0 Å². The first-order valence-electron chi connectivity index (χ1n) is 4.90. The zero-order valence-electron chi connectivity index (χ0n) is 9.01. The summed E-state index contributed by atoms with van der Waals surface area (Å²) in [7, 11) is 2.41. The minimum atomic E-state index is -2.47. The SMILES string of the molecule is OC(O)(CCCc1cc(F)c(F)c(F)c1F)O[Si]. The molecule has 0 heterocycles. The van der Waals surface area contributed by atoms with Crippen LogP contribution in [0.2, 0.25) is 0 Å². The second kappa shape index (κ2) is 5.78. The Bertz CT molecular complexity index is 440. The van der Waals surface area contributed by atoms with Crippen molar-refractivity contribution in [3.63, 3.8) is 0 Å². The van der Waals surface area contributed by atoms with Crippen LogP contribution in [0, 0.1) is 23.3 Å². The molecule has 0 aromatic heterocycles. The fraction of sp³-hybridized carbons (Fsp3) is 0.400. The third kappa shape index (κ3) is 3.51. The molecule has 0 aliphatic heterocycles. The molecule has 0 bridgehead atoms. The molecule has 18 heavy (non-hydrogen) atoms. The molecule has 3 nitrogen and oxygen atoms in total. The third-order valence-electron chi connectivity index (χ3n) is 2.29. The highest BCUT2D eigenvalue weighted by Crippen LogP contribution is 2.21. The van der Waals surface area contributed by atoms with Gasteiger partial charge >= 0.3 is 0 Å². The summed E-state index contributed by atoms with van der Waals surface area (Å²) in [6.45, 7) is 0. The molecule has 0 amide bonds. The van der Waals surface area contributed by atoms with Gasteiger partial charge in [-0.15, -0.1) is 0 Å². The van der Waals surface area contributed by atoms with E-state index in [9.17, 15) is 17.6 Å². The first kappa shape index (κ1) is 15.1. The molecule has 0 saturated heterocycles. The molecule has 0 unspecified atom stereocenters. The van der Waals surface area contributed by atoms with Gasteiger partial charge in [0.15, 0.2) is 23.3 Å². The molecule has 1 aromatic rings. The van der Waals surface area contributed by atoms with E-state index in [2.05, 4.69) is 14.9 Å². The average molecular weight is 281 g/mol. The predicted octanol–water partition coefficient (Wildman–Crippen LogP) is 1.30. The molecule has 0 fully saturated rings. The molecule has 0 saturated carbocycles. The van der Waals surface area contributed by atoms with Crippen molar-refractivity contribution < 1.29 is 32.2 Å². The minimum Gasteiger partial charge on any atom is -0.371 e. The number of benzene rings is 1. The van der Waals surface area contributed by atoms with Crippen molar-refractivity contribution in [2.75, 3.05) is 0 Å². The minimum absolute atomic E-state index is 0.0427. The van der Waals surface area contributed by atoms with Crippen LogP contribution in [0.25, 0.3) is 0 Å². The second-order valence-electron chi connectivity index (χ2n) is 3.66. The molecule has 2 N–H and O–H groups in total. The number of aliphatic hydroxyl groups is 2. The number of hydrogen-bond donors (Lipinski definition) is 2. The molecule has 8 heteroatoms. The number of aryl methyl sites for hydroxylation is 1. The van der Waals surface area contributed by atoms with E-state index in [0.717, 1.165) is 0 Å². The van der Waals surface area contributed by atoms with E-state index in [1.54, 1.807) is 0 Å². The van der Waals surface area contributed by atoms with Crippen molar-refractivity contribution in [2.24, 2.45) is 0 Å². The third-order valence-corrected chi connectivity index (χ3v) is 2.62. The Labute approximate surface area is 104 Å². The first-order valence-corrected chi connectivity index (χ1v) is 5.30. The van der Waals surface area contributed by atoms with E-state index >= 15 is 0 Å². The molecule has 99 valence electrons. The van der Waals surface area contributed by atoms with Crippen molar-refractivity contribution >= 4 is 10.5 Å². The van der Waals surface area contributed by atoms with Crippen LogP contribution < -0.4 is 0 Å². The first-order chi connectivity index (χ1) is 8.28. The van der Waals surface area contributed by atoms with E-state index in [0.29, 0.717) is 6.07 Å². The molecule has 0 spiro atoms. The number of rotatable bonds is 5. The van der Waals surface area contributed by atoms with E-state index in [1.165, 1.54) is 0 Å². The maximum atomic E-state index is 13.2. The van der Waals surface area contributed by atoms with Crippen LogP contribution in [0.4, 0.5) is 17.6 Å². The summed E-state index contributed by atoms with van der Waals surface area (Å²) in [5.41, 5.74) is -0.392. The maximum absolute atomic E-state index is 13.2. The van der Waals surface area contributed by atoms with Crippen LogP contribution in [0.5, 0.6) is 0 Å². The maximum Gasteiger partial charge on any atom is 0.267 e. The zero-order chi connectivity index (χ0) is 13.9. The van der Waals surface area contributed by atoms with Crippen molar-refractivity contribution in [3.05, 3.63) is 34.9 Å². The van der Waals surface area contributed by atoms with Gasteiger partial charge in [-0.25, -0.2) is 17.6 Å². The van der Waals surface area contributed by atoms with E-state index in [4.69, 9.17) is 10.2 Å². The van der Waals surface area contributed by atoms with Crippen molar-refractivity contribution in [1.82, 2.24) is 0 Å². The molecular weight excluding hydrogens is 272 g/mol. The van der Waals surface area contributed by atoms with Gasteiger partial charge in [0.05, 0.1) is 0 Å². The van der Waals surface area contributed by atoms with Gasteiger partial charge in [0.2, 0.25) is 0 Å². The summed E-state index contributed by atoms with van der Waals surface area (Å²) in [5, 5.41) is 18.0. The monoisotopic (exact) mass is 281 g/mol.